The summed E-state index contributed by atoms with van der Waals surface area (Å²) < 4.78 is 28.3. The fraction of sp³-hybridized carbons (Fsp3) is 0.542. The van der Waals surface area contributed by atoms with Crippen LogP contribution in [0.5, 0.6) is 5.75 Å². The van der Waals surface area contributed by atoms with Gasteiger partial charge in [0.25, 0.3) is 0 Å². The van der Waals surface area contributed by atoms with E-state index in [0.717, 1.165) is 25.3 Å². The number of hydrogen-bond donors (Lipinski definition) is 2. The number of halogens is 1. The predicted molar refractivity (Wildman–Crippen MR) is 125 cm³/mol. The summed E-state index contributed by atoms with van der Waals surface area (Å²) in [6, 6.07) is 1.07. The lowest BCUT2D eigenvalue weighted by atomic mass is 9.87. The number of hydrogen-bond acceptors (Lipinski definition) is 5. The van der Waals surface area contributed by atoms with Gasteiger partial charge >= 0.3 is 12.1 Å². The van der Waals surface area contributed by atoms with Gasteiger partial charge in [0.15, 0.2) is 5.82 Å². The molecule has 2 aromatic rings. The predicted octanol–water partition coefficient (Wildman–Crippen LogP) is 3.83. The Morgan fingerprint density at radius 1 is 1.26 bits per heavy atom. The maximum atomic E-state index is 15.9. The monoisotopic (exact) mass is 476 g/mol. The van der Waals surface area contributed by atoms with Crippen molar-refractivity contribution in [3.63, 3.8) is 0 Å². The van der Waals surface area contributed by atoms with Gasteiger partial charge in [0.1, 0.15) is 24.2 Å². The van der Waals surface area contributed by atoms with Crippen LogP contribution in [0.4, 0.5) is 14.9 Å². The second-order valence-electron chi connectivity index (χ2n) is 9.40. The van der Waals surface area contributed by atoms with Gasteiger partial charge in [-0.05, 0) is 31.7 Å². The topological polar surface area (TPSA) is 107 Å². The number of aromatic nitrogens is 1. The van der Waals surface area contributed by atoms with Crippen molar-refractivity contribution in [2.75, 3.05) is 26.8 Å². The first-order chi connectivity index (χ1) is 16.1. The fourth-order valence-corrected chi connectivity index (χ4v) is 5.00. The molecule has 1 aromatic carbocycles. The number of carboxylic acid groups (broad SMARTS) is 1. The molecule has 2 heterocycles. The Bertz CT molecular complexity index is 1210. The lowest BCUT2D eigenvalue weighted by Crippen LogP contribution is -2.67. The standard InChI is InChI=1S/C24H30FN3O6/c1-5-34-24(32)26-28(9-8-13(2)14(3)12-28)20-18(25)10-16-19(22(20)33-4)27(15-6-7-15)11-17(21(16)29)23(30)31/h10-11,13-15H,5-9,12H2,1-4H3,(H-,26,30,31,32)/p+1. The SMILES string of the molecule is CCOC(=O)N[N+]1(c2c(F)cc3c(=O)c(C(=O)O)cn(C4CC4)c3c2OC)CCC(C)C(C)C1. The van der Waals surface area contributed by atoms with Gasteiger partial charge in [-0.25, -0.2) is 14.0 Å². The van der Waals surface area contributed by atoms with Crippen LogP contribution in [0.2, 0.25) is 0 Å². The molecule has 0 bridgehead atoms. The lowest BCUT2D eigenvalue weighted by molar-refractivity contribution is 0.0679. The largest absolute Gasteiger partial charge is 0.489 e. The van der Waals surface area contributed by atoms with E-state index < -0.39 is 28.9 Å². The zero-order chi connectivity index (χ0) is 24.8. The third-order valence-electron chi connectivity index (χ3n) is 7.12. The smallest absolute Gasteiger partial charge is 0.452 e. The van der Waals surface area contributed by atoms with Crippen LogP contribution in [0.3, 0.4) is 0 Å². The first kappa shape index (κ1) is 24.0. The summed E-state index contributed by atoms with van der Waals surface area (Å²) in [6.07, 6.45) is 2.98. The summed E-state index contributed by atoms with van der Waals surface area (Å²) in [4.78, 5) is 37.3. The van der Waals surface area contributed by atoms with E-state index in [-0.39, 0.29) is 40.0 Å². The van der Waals surface area contributed by atoms with Crippen molar-refractivity contribution >= 4 is 28.7 Å². The summed E-state index contributed by atoms with van der Waals surface area (Å²) >= 11 is 0. The molecular formula is C24H31FN3O6+. The Labute approximate surface area is 196 Å². The molecule has 1 amide bonds. The van der Waals surface area contributed by atoms with E-state index in [1.165, 1.54) is 13.3 Å². The highest BCUT2D eigenvalue weighted by Gasteiger charge is 2.46. The number of piperidine rings is 1. The van der Waals surface area contributed by atoms with Crippen molar-refractivity contribution in [1.29, 1.82) is 0 Å². The Morgan fingerprint density at radius 2 is 1.97 bits per heavy atom. The normalized spacial score (nSPS) is 24.6. The summed E-state index contributed by atoms with van der Waals surface area (Å²) in [5.74, 6) is -1.47. The summed E-state index contributed by atoms with van der Waals surface area (Å²) in [5, 5.41) is 9.49. The molecule has 10 heteroatoms. The number of benzene rings is 1. The van der Waals surface area contributed by atoms with Gasteiger partial charge in [0.05, 0.1) is 19.1 Å². The van der Waals surface area contributed by atoms with E-state index in [9.17, 15) is 19.5 Å². The number of carboxylic acids is 1. The first-order valence-corrected chi connectivity index (χ1v) is 11.6. The zero-order valence-electron chi connectivity index (χ0n) is 19.9. The summed E-state index contributed by atoms with van der Waals surface area (Å²) in [7, 11) is 1.39. The Hall–Kier alpha value is -3.14. The summed E-state index contributed by atoms with van der Waals surface area (Å²) in [5.41, 5.74) is 2.13. The van der Waals surface area contributed by atoms with E-state index in [4.69, 9.17) is 9.47 Å². The molecule has 0 spiro atoms. The number of methoxy groups -OCH3 is 1. The lowest BCUT2D eigenvalue weighted by Gasteiger charge is -2.44. The number of carbonyl (C=O) groups excluding carboxylic acids is 1. The molecule has 1 aliphatic heterocycles. The van der Waals surface area contributed by atoms with E-state index in [0.29, 0.717) is 24.5 Å². The highest BCUT2D eigenvalue weighted by molar-refractivity contribution is 5.97. The number of aromatic carboxylic acids is 1. The number of fused-ring (bicyclic) bond motifs is 1. The van der Waals surface area contributed by atoms with Crippen molar-refractivity contribution in [3.8, 4) is 5.75 Å². The molecule has 34 heavy (non-hydrogen) atoms. The molecule has 4 rings (SSSR count). The van der Waals surface area contributed by atoms with Gasteiger partial charge in [-0.3, -0.25) is 4.79 Å². The highest BCUT2D eigenvalue weighted by Crippen LogP contribution is 2.46. The number of rotatable bonds is 6. The molecule has 2 fully saturated rings. The third kappa shape index (κ3) is 4.00. The second-order valence-corrected chi connectivity index (χ2v) is 9.40. The van der Waals surface area contributed by atoms with E-state index >= 15 is 4.39 Å². The van der Waals surface area contributed by atoms with Crippen molar-refractivity contribution in [2.24, 2.45) is 11.8 Å². The number of nitrogens with zero attached hydrogens (tertiary/aromatic N) is 2. The van der Waals surface area contributed by atoms with Crippen LogP contribution >= 0.6 is 0 Å². The van der Waals surface area contributed by atoms with Crippen LogP contribution in [-0.2, 0) is 4.74 Å². The van der Waals surface area contributed by atoms with Crippen LogP contribution in [-0.4, -0.2) is 48.5 Å². The summed E-state index contributed by atoms with van der Waals surface area (Å²) in [6.45, 7) is 6.83. The molecule has 0 radical (unpaired) electrons. The van der Waals surface area contributed by atoms with Crippen LogP contribution in [0.15, 0.2) is 17.1 Å². The number of carbonyl (C=O) groups is 2. The number of nitrogens with one attached hydrogen (secondary N) is 1. The van der Waals surface area contributed by atoms with Crippen molar-refractivity contribution in [1.82, 2.24) is 14.6 Å². The van der Waals surface area contributed by atoms with Gasteiger partial charge in [-0.15, -0.1) is 0 Å². The van der Waals surface area contributed by atoms with Crippen molar-refractivity contribution < 1.29 is 28.6 Å². The van der Waals surface area contributed by atoms with Crippen molar-refractivity contribution in [3.05, 3.63) is 33.9 Å². The Balaban J connectivity index is 2.04. The minimum Gasteiger partial charge on any atom is -0.489 e. The van der Waals surface area contributed by atoms with Crippen LogP contribution in [0.1, 0.15) is 56.4 Å². The molecule has 3 unspecified atom stereocenters. The van der Waals surface area contributed by atoms with Crippen LogP contribution in [0.25, 0.3) is 10.9 Å². The van der Waals surface area contributed by atoms with Gasteiger partial charge in [0.2, 0.25) is 16.9 Å². The van der Waals surface area contributed by atoms with Crippen molar-refractivity contribution in [2.45, 2.75) is 46.1 Å². The average Bonchev–Trinajstić information content (AvgIpc) is 3.61. The van der Waals surface area contributed by atoms with Gasteiger partial charge in [-0.2, -0.15) is 10.0 Å². The molecule has 2 aliphatic rings. The van der Waals surface area contributed by atoms with E-state index in [1.807, 2.05) is 6.92 Å². The average molecular weight is 477 g/mol. The molecule has 1 aromatic heterocycles. The first-order valence-electron chi connectivity index (χ1n) is 11.6. The van der Waals surface area contributed by atoms with E-state index in [2.05, 4.69) is 12.3 Å². The number of ether oxygens (including phenoxy) is 2. The Kier molecular flexibility index (Phi) is 6.28. The Morgan fingerprint density at radius 3 is 2.53 bits per heavy atom. The van der Waals surface area contributed by atoms with Crippen LogP contribution in [0, 0.1) is 17.7 Å². The van der Waals surface area contributed by atoms with Gasteiger partial charge in [0, 0.05) is 24.6 Å². The minimum absolute atomic E-state index is 0.0137. The zero-order valence-corrected chi connectivity index (χ0v) is 19.9. The molecule has 3 atom stereocenters. The second kappa shape index (κ2) is 8.90. The molecule has 184 valence electrons. The molecule has 1 saturated carbocycles. The number of amides is 1. The molecule has 1 saturated heterocycles. The molecular weight excluding hydrogens is 445 g/mol. The molecule has 2 N–H and O–H groups in total. The maximum Gasteiger partial charge on any atom is 0.452 e. The molecule has 1 aliphatic carbocycles. The van der Waals surface area contributed by atoms with Crippen LogP contribution < -0.4 is 20.2 Å². The number of quaternary nitrogens is 1. The fourth-order valence-electron chi connectivity index (χ4n) is 5.00. The van der Waals surface area contributed by atoms with E-state index in [1.54, 1.807) is 11.5 Å². The highest BCUT2D eigenvalue weighted by atomic mass is 19.1. The van der Waals surface area contributed by atoms with Gasteiger partial charge in [-0.1, -0.05) is 13.8 Å². The molecule has 9 nitrogen and oxygen atoms in total. The van der Waals surface area contributed by atoms with Gasteiger partial charge < -0.3 is 19.1 Å². The maximum absolute atomic E-state index is 15.9. The quantitative estimate of drug-likeness (QED) is 0.614. The third-order valence-corrected chi connectivity index (χ3v) is 7.12. The number of pyridine rings is 1. The minimum atomic E-state index is -1.36.